The number of carbonyl (C=O) groups is 1. The summed E-state index contributed by atoms with van der Waals surface area (Å²) in [5, 5.41) is 8.47. The van der Waals surface area contributed by atoms with Crippen molar-refractivity contribution in [3.8, 4) is 6.07 Å². The molecule has 0 fully saturated rings. The molecule has 1 rings (SSSR count). The molecular formula is C9H6FNO. The number of nitrogens with zero attached hydrogens (tertiary/aromatic N) is 1. The number of hydrogen-bond acceptors (Lipinski definition) is 2. The zero-order valence-corrected chi connectivity index (χ0v) is 6.20. The van der Waals surface area contributed by atoms with Crippen molar-refractivity contribution in [1.29, 1.82) is 5.26 Å². The van der Waals surface area contributed by atoms with Gasteiger partial charge >= 0.3 is 0 Å². The molecule has 0 amide bonds. The molecule has 12 heavy (non-hydrogen) atoms. The standard InChI is InChI=1S/C9H6FNO/c10-9-3-1-7(2-4-9)8(5-11)6-12/h1-4,6,8H. The number of hydrogen-bond donors (Lipinski definition) is 0. The van der Waals surface area contributed by atoms with Crippen LogP contribution >= 0.6 is 0 Å². The predicted molar refractivity (Wildman–Crippen MR) is 40.8 cm³/mol. The van der Waals surface area contributed by atoms with Crippen molar-refractivity contribution < 1.29 is 9.18 Å². The molecule has 0 heterocycles. The van der Waals surface area contributed by atoms with Gasteiger partial charge in [0.25, 0.3) is 0 Å². The van der Waals surface area contributed by atoms with E-state index < -0.39 is 5.92 Å². The average Bonchev–Trinajstić information content (AvgIpc) is 2.10. The van der Waals surface area contributed by atoms with E-state index in [1.54, 1.807) is 6.07 Å². The lowest BCUT2D eigenvalue weighted by molar-refractivity contribution is -0.108. The molecule has 0 saturated heterocycles. The van der Waals surface area contributed by atoms with Gasteiger partial charge in [0.05, 0.1) is 6.07 Å². The molecule has 3 heteroatoms. The zero-order valence-electron chi connectivity index (χ0n) is 6.20. The summed E-state index contributed by atoms with van der Waals surface area (Å²) in [6.07, 6.45) is 0.535. The Balaban J connectivity index is 2.97. The SMILES string of the molecule is N#CC(C=O)c1ccc(F)cc1. The van der Waals surface area contributed by atoms with E-state index in [2.05, 4.69) is 0 Å². The number of benzene rings is 1. The summed E-state index contributed by atoms with van der Waals surface area (Å²) in [6.45, 7) is 0. The summed E-state index contributed by atoms with van der Waals surface area (Å²) in [5.74, 6) is -1.16. The van der Waals surface area contributed by atoms with Gasteiger partial charge in [-0.05, 0) is 17.7 Å². The minimum atomic E-state index is -0.786. The fraction of sp³-hybridized carbons (Fsp3) is 0.111. The Kier molecular flexibility index (Phi) is 2.54. The third kappa shape index (κ3) is 1.67. The molecule has 1 aromatic rings. The maximum atomic E-state index is 12.4. The van der Waals surface area contributed by atoms with E-state index in [9.17, 15) is 9.18 Å². The summed E-state index contributed by atoms with van der Waals surface area (Å²) < 4.78 is 12.4. The predicted octanol–water partition coefficient (Wildman–Crippen LogP) is 1.63. The molecule has 0 spiro atoms. The monoisotopic (exact) mass is 163 g/mol. The van der Waals surface area contributed by atoms with Crippen LogP contribution in [0, 0.1) is 17.1 Å². The number of halogens is 1. The van der Waals surface area contributed by atoms with Crippen molar-refractivity contribution in [2.24, 2.45) is 0 Å². The second-order valence-electron chi connectivity index (χ2n) is 2.29. The second kappa shape index (κ2) is 3.63. The first kappa shape index (κ1) is 8.41. The molecule has 0 N–H and O–H groups in total. The van der Waals surface area contributed by atoms with Crippen LogP contribution in [0.15, 0.2) is 24.3 Å². The van der Waals surface area contributed by atoms with Crippen LogP contribution in [-0.4, -0.2) is 6.29 Å². The zero-order chi connectivity index (χ0) is 8.97. The highest BCUT2D eigenvalue weighted by atomic mass is 19.1. The van der Waals surface area contributed by atoms with Crippen LogP contribution in [0.1, 0.15) is 11.5 Å². The number of aldehydes is 1. The molecule has 2 nitrogen and oxygen atoms in total. The molecule has 0 aromatic heterocycles. The molecule has 0 aliphatic carbocycles. The summed E-state index contributed by atoms with van der Waals surface area (Å²) in [7, 11) is 0. The highest BCUT2D eigenvalue weighted by molar-refractivity contribution is 5.66. The maximum Gasteiger partial charge on any atom is 0.141 e. The van der Waals surface area contributed by atoms with Crippen molar-refractivity contribution >= 4 is 6.29 Å². The Bertz CT molecular complexity index is 312. The van der Waals surface area contributed by atoms with E-state index in [0.29, 0.717) is 11.8 Å². The lowest BCUT2D eigenvalue weighted by atomic mass is 10.0. The van der Waals surface area contributed by atoms with E-state index in [1.165, 1.54) is 24.3 Å². The lowest BCUT2D eigenvalue weighted by Gasteiger charge is -1.99. The van der Waals surface area contributed by atoms with E-state index in [-0.39, 0.29) is 5.82 Å². The van der Waals surface area contributed by atoms with Gasteiger partial charge in [-0.3, -0.25) is 0 Å². The fourth-order valence-electron chi connectivity index (χ4n) is 0.854. The highest BCUT2D eigenvalue weighted by Crippen LogP contribution is 2.12. The molecule has 0 aliphatic heterocycles. The molecule has 0 radical (unpaired) electrons. The topological polar surface area (TPSA) is 40.9 Å². The molecule has 0 bridgehead atoms. The first-order chi connectivity index (χ1) is 5.77. The fourth-order valence-corrected chi connectivity index (χ4v) is 0.854. The third-order valence-corrected chi connectivity index (χ3v) is 1.50. The van der Waals surface area contributed by atoms with Crippen LogP contribution in [0.5, 0.6) is 0 Å². The normalized spacial score (nSPS) is 11.7. The van der Waals surface area contributed by atoms with Crippen LogP contribution < -0.4 is 0 Å². The van der Waals surface area contributed by atoms with Gasteiger partial charge in [0.1, 0.15) is 18.0 Å². The quantitative estimate of drug-likeness (QED) is 0.622. The summed E-state index contributed by atoms with van der Waals surface area (Å²) >= 11 is 0. The average molecular weight is 163 g/mol. The Hall–Kier alpha value is -1.69. The van der Waals surface area contributed by atoms with Crippen LogP contribution in [0.25, 0.3) is 0 Å². The summed E-state index contributed by atoms with van der Waals surface area (Å²) in [4.78, 5) is 10.3. The number of rotatable bonds is 2. The van der Waals surface area contributed by atoms with Crippen molar-refractivity contribution in [1.82, 2.24) is 0 Å². The molecule has 1 unspecified atom stereocenters. The largest absolute Gasteiger partial charge is 0.302 e. The van der Waals surface area contributed by atoms with E-state index in [1.807, 2.05) is 0 Å². The molecule has 1 aromatic carbocycles. The highest BCUT2D eigenvalue weighted by Gasteiger charge is 2.07. The minimum absolute atomic E-state index is 0.374. The molecule has 1 atom stereocenters. The first-order valence-corrected chi connectivity index (χ1v) is 3.38. The first-order valence-electron chi connectivity index (χ1n) is 3.38. The third-order valence-electron chi connectivity index (χ3n) is 1.50. The lowest BCUT2D eigenvalue weighted by Crippen LogP contribution is -1.95. The van der Waals surface area contributed by atoms with Gasteiger partial charge in [0, 0.05) is 0 Å². The van der Waals surface area contributed by atoms with Gasteiger partial charge in [-0.15, -0.1) is 0 Å². The van der Waals surface area contributed by atoms with Crippen molar-refractivity contribution in [2.45, 2.75) is 5.92 Å². The van der Waals surface area contributed by atoms with Gasteiger partial charge in [0.2, 0.25) is 0 Å². The molecule has 0 saturated carbocycles. The van der Waals surface area contributed by atoms with Crippen molar-refractivity contribution in [2.75, 3.05) is 0 Å². The van der Waals surface area contributed by atoms with Crippen LogP contribution in [0.3, 0.4) is 0 Å². The van der Waals surface area contributed by atoms with Gasteiger partial charge in [-0.1, -0.05) is 12.1 Å². The van der Waals surface area contributed by atoms with Crippen molar-refractivity contribution in [3.63, 3.8) is 0 Å². The van der Waals surface area contributed by atoms with Gasteiger partial charge in [-0.2, -0.15) is 5.26 Å². The van der Waals surface area contributed by atoms with E-state index >= 15 is 0 Å². The Labute approximate surface area is 69.2 Å². The molecule has 0 aliphatic rings. The van der Waals surface area contributed by atoms with Crippen LogP contribution in [0.4, 0.5) is 4.39 Å². The van der Waals surface area contributed by atoms with E-state index in [0.717, 1.165) is 0 Å². The Morgan fingerprint density at radius 2 is 2.00 bits per heavy atom. The van der Waals surface area contributed by atoms with Crippen LogP contribution in [-0.2, 0) is 4.79 Å². The second-order valence-corrected chi connectivity index (χ2v) is 2.29. The molecule has 60 valence electrons. The van der Waals surface area contributed by atoms with E-state index in [4.69, 9.17) is 5.26 Å². The van der Waals surface area contributed by atoms with Gasteiger partial charge < -0.3 is 4.79 Å². The summed E-state index contributed by atoms with van der Waals surface area (Å²) in [6, 6.07) is 7.10. The maximum absolute atomic E-state index is 12.4. The van der Waals surface area contributed by atoms with Gasteiger partial charge in [0.15, 0.2) is 0 Å². The Morgan fingerprint density at radius 1 is 1.42 bits per heavy atom. The smallest absolute Gasteiger partial charge is 0.141 e. The van der Waals surface area contributed by atoms with Gasteiger partial charge in [-0.25, -0.2) is 4.39 Å². The minimum Gasteiger partial charge on any atom is -0.302 e. The summed E-state index contributed by atoms with van der Waals surface area (Å²) in [5.41, 5.74) is 0.522. The molecular weight excluding hydrogens is 157 g/mol. The number of carbonyl (C=O) groups excluding carboxylic acids is 1. The number of nitriles is 1. The van der Waals surface area contributed by atoms with Crippen molar-refractivity contribution in [3.05, 3.63) is 35.6 Å². The Morgan fingerprint density at radius 3 is 2.42 bits per heavy atom. The van der Waals surface area contributed by atoms with Crippen LogP contribution in [0.2, 0.25) is 0 Å².